The van der Waals surface area contributed by atoms with E-state index in [4.69, 9.17) is 4.74 Å². The minimum absolute atomic E-state index is 0.0888. The average molecular weight is 513 g/mol. The number of nitrogens with one attached hydrogen (secondary N) is 1. The summed E-state index contributed by atoms with van der Waals surface area (Å²) < 4.78 is 5.92. The molecule has 2 amide bonds. The van der Waals surface area contributed by atoms with E-state index in [2.05, 4.69) is 18.3 Å². The molecule has 1 unspecified atom stereocenters. The molecule has 0 saturated heterocycles. The smallest absolute Gasteiger partial charge is 0.261 e. The van der Waals surface area contributed by atoms with E-state index < -0.39 is 6.04 Å². The first-order valence-electron chi connectivity index (χ1n) is 13.9. The highest BCUT2D eigenvalue weighted by atomic mass is 16.5. The van der Waals surface area contributed by atoms with Gasteiger partial charge in [0.05, 0.1) is 0 Å². The molecule has 0 aromatic heterocycles. The number of hydrogen-bond donors (Lipinski definition) is 1. The van der Waals surface area contributed by atoms with Crippen LogP contribution < -0.4 is 10.1 Å². The maximum absolute atomic E-state index is 13.8. The summed E-state index contributed by atoms with van der Waals surface area (Å²) in [5, 5.41) is 3.28. The highest BCUT2D eigenvalue weighted by Gasteiger charge is 2.32. The van der Waals surface area contributed by atoms with Gasteiger partial charge in [-0.25, -0.2) is 0 Å². The molecular formula is C33H40N2O3. The molecule has 5 heteroatoms. The van der Waals surface area contributed by atoms with E-state index in [0.717, 1.165) is 48.8 Å². The average Bonchev–Trinajstić information content (AvgIpc) is 2.95. The molecular weight excluding hydrogens is 472 g/mol. The van der Waals surface area contributed by atoms with Crippen LogP contribution in [0.2, 0.25) is 0 Å². The van der Waals surface area contributed by atoms with Crippen molar-refractivity contribution in [3.63, 3.8) is 0 Å². The quantitative estimate of drug-likeness (QED) is 0.342. The van der Waals surface area contributed by atoms with Crippen molar-refractivity contribution >= 4 is 11.8 Å². The fourth-order valence-electron chi connectivity index (χ4n) is 5.15. The molecule has 0 heterocycles. The maximum atomic E-state index is 13.8. The number of ether oxygens (including phenoxy) is 1. The maximum Gasteiger partial charge on any atom is 0.261 e. The predicted octanol–water partition coefficient (Wildman–Crippen LogP) is 6.03. The Bertz CT molecular complexity index is 1170. The highest BCUT2D eigenvalue weighted by Crippen LogP contribution is 2.20. The summed E-state index contributed by atoms with van der Waals surface area (Å²) in [6.07, 6.45) is 6.85. The van der Waals surface area contributed by atoms with Crippen molar-refractivity contribution in [2.75, 3.05) is 6.61 Å². The van der Waals surface area contributed by atoms with Crippen LogP contribution in [0.25, 0.3) is 0 Å². The lowest BCUT2D eigenvalue weighted by Crippen LogP contribution is -2.53. The Labute approximate surface area is 227 Å². The molecule has 4 rings (SSSR count). The summed E-state index contributed by atoms with van der Waals surface area (Å²) in [6.45, 7) is 4.36. The summed E-state index contributed by atoms with van der Waals surface area (Å²) in [4.78, 5) is 29.3. The molecule has 0 bridgehead atoms. The summed E-state index contributed by atoms with van der Waals surface area (Å²) in [6, 6.07) is 25.4. The molecule has 0 aliphatic heterocycles. The first-order chi connectivity index (χ1) is 18.5. The Kier molecular flexibility index (Phi) is 9.97. The van der Waals surface area contributed by atoms with Gasteiger partial charge < -0.3 is 15.0 Å². The summed E-state index contributed by atoms with van der Waals surface area (Å²) in [7, 11) is 0. The van der Waals surface area contributed by atoms with Gasteiger partial charge >= 0.3 is 0 Å². The van der Waals surface area contributed by atoms with E-state index >= 15 is 0 Å². The van der Waals surface area contributed by atoms with Crippen molar-refractivity contribution in [3.8, 4) is 5.75 Å². The van der Waals surface area contributed by atoms with Crippen LogP contribution in [0.1, 0.15) is 61.3 Å². The largest absolute Gasteiger partial charge is 0.484 e. The predicted molar refractivity (Wildman–Crippen MR) is 152 cm³/mol. The number of carbonyl (C=O) groups is 2. The normalized spacial score (nSPS) is 14.5. The standard InChI is InChI=1S/C33H40N2O3/c1-3-26-17-19-30(20-18-26)38-24-32(36)35(23-28-14-10-11-25(2)21-28)31(22-27-12-6-4-7-13-27)33(37)34-29-15-8-5-9-16-29/h4,6-7,10-14,17-21,29,31H,3,5,8-9,15-16,22-24H2,1-2H3,(H,34,37). The third-order valence-electron chi connectivity index (χ3n) is 7.35. The van der Waals surface area contributed by atoms with Crippen molar-refractivity contribution in [2.24, 2.45) is 0 Å². The van der Waals surface area contributed by atoms with Gasteiger partial charge in [0, 0.05) is 19.0 Å². The lowest BCUT2D eigenvalue weighted by atomic mass is 9.94. The van der Waals surface area contributed by atoms with Crippen LogP contribution in [0.5, 0.6) is 5.75 Å². The van der Waals surface area contributed by atoms with Gasteiger partial charge in [0.2, 0.25) is 5.91 Å². The molecule has 1 saturated carbocycles. The molecule has 1 atom stereocenters. The van der Waals surface area contributed by atoms with Gasteiger partial charge in [-0.2, -0.15) is 0 Å². The number of amides is 2. The second-order valence-corrected chi connectivity index (χ2v) is 10.3. The minimum atomic E-state index is -0.640. The van der Waals surface area contributed by atoms with E-state index in [1.165, 1.54) is 12.0 Å². The molecule has 1 aliphatic rings. The summed E-state index contributed by atoms with van der Waals surface area (Å²) in [5.41, 5.74) is 4.35. The Morgan fingerprint density at radius 1 is 0.895 bits per heavy atom. The van der Waals surface area contributed by atoms with E-state index in [9.17, 15) is 9.59 Å². The van der Waals surface area contributed by atoms with E-state index in [-0.39, 0.29) is 24.5 Å². The zero-order valence-electron chi connectivity index (χ0n) is 22.7. The summed E-state index contributed by atoms with van der Waals surface area (Å²) >= 11 is 0. The van der Waals surface area contributed by atoms with Crippen molar-refractivity contribution in [2.45, 2.75) is 77.4 Å². The Hall–Kier alpha value is -3.60. The van der Waals surface area contributed by atoms with E-state index in [1.54, 1.807) is 4.90 Å². The first kappa shape index (κ1) is 27.4. The number of nitrogens with zero attached hydrogens (tertiary/aromatic N) is 1. The van der Waals surface area contributed by atoms with Gasteiger partial charge in [-0.1, -0.05) is 98.5 Å². The molecule has 0 spiro atoms. The number of benzene rings is 3. The Balaban J connectivity index is 1.59. The second-order valence-electron chi connectivity index (χ2n) is 10.3. The van der Waals surface area contributed by atoms with E-state index in [0.29, 0.717) is 18.7 Å². The van der Waals surface area contributed by atoms with Crippen molar-refractivity contribution in [1.82, 2.24) is 10.2 Å². The number of aryl methyl sites for hydroxylation is 2. The molecule has 3 aromatic carbocycles. The molecule has 5 nitrogen and oxygen atoms in total. The molecule has 200 valence electrons. The Morgan fingerprint density at radius 3 is 2.29 bits per heavy atom. The van der Waals surface area contributed by atoms with Crippen LogP contribution in [0.15, 0.2) is 78.9 Å². The topological polar surface area (TPSA) is 58.6 Å². The second kappa shape index (κ2) is 13.8. The van der Waals surface area contributed by atoms with Gasteiger partial charge in [-0.15, -0.1) is 0 Å². The molecule has 0 radical (unpaired) electrons. The van der Waals surface area contributed by atoms with Crippen LogP contribution in [-0.2, 0) is 29.0 Å². The first-order valence-corrected chi connectivity index (χ1v) is 13.9. The van der Waals surface area contributed by atoms with Gasteiger partial charge in [-0.3, -0.25) is 9.59 Å². The zero-order chi connectivity index (χ0) is 26.7. The van der Waals surface area contributed by atoms with E-state index in [1.807, 2.05) is 79.7 Å². The molecule has 1 fully saturated rings. The zero-order valence-corrected chi connectivity index (χ0v) is 22.7. The van der Waals surface area contributed by atoms with Crippen LogP contribution in [0.4, 0.5) is 0 Å². The third-order valence-corrected chi connectivity index (χ3v) is 7.35. The van der Waals surface area contributed by atoms with Crippen molar-refractivity contribution < 1.29 is 14.3 Å². The van der Waals surface area contributed by atoms with Gasteiger partial charge in [0.15, 0.2) is 6.61 Å². The number of hydrogen-bond acceptors (Lipinski definition) is 3. The third kappa shape index (κ3) is 7.95. The fraction of sp³-hybridized carbons (Fsp3) is 0.394. The SMILES string of the molecule is CCc1ccc(OCC(=O)N(Cc2cccc(C)c2)C(Cc2ccccc2)C(=O)NC2CCCCC2)cc1. The van der Waals surface area contributed by atoms with Gasteiger partial charge in [0.1, 0.15) is 11.8 Å². The number of carbonyl (C=O) groups excluding carboxylic acids is 2. The molecule has 1 aliphatic carbocycles. The van der Waals surface area contributed by atoms with Crippen LogP contribution in [0.3, 0.4) is 0 Å². The van der Waals surface area contributed by atoms with Crippen molar-refractivity contribution in [3.05, 3.63) is 101 Å². The number of rotatable bonds is 11. The lowest BCUT2D eigenvalue weighted by Gasteiger charge is -2.33. The Morgan fingerprint density at radius 2 is 1.61 bits per heavy atom. The fourth-order valence-corrected chi connectivity index (χ4v) is 5.15. The highest BCUT2D eigenvalue weighted by molar-refractivity contribution is 5.88. The van der Waals surface area contributed by atoms with Crippen LogP contribution >= 0.6 is 0 Å². The van der Waals surface area contributed by atoms with Crippen LogP contribution in [-0.4, -0.2) is 35.4 Å². The molecule has 3 aromatic rings. The summed E-state index contributed by atoms with van der Waals surface area (Å²) in [5.74, 6) is 0.358. The van der Waals surface area contributed by atoms with Crippen molar-refractivity contribution in [1.29, 1.82) is 0 Å². The van der Waals surface area contributed by atoms with Crippen LogP contribution in [0, 0.1) is 6.92 Å². The molecule has 38 heavy (non-hydrogen) atoms. The van der Waals surface area contributed by atoms with Gasteiger partial charge in [-0.05, 0) is 55.0 Å². The minimum Gasteiger partial charge on any atom is -0.484 e. The van der Waals surface area contributed by atoms with Gasteiger partial charge in [0.25, 0.3) is 5.91 Å². The molecule has 1 N–H and O–H groups in total. The lowest BCUT2D eigenvalue weighted by molar-refractivity contribution is -0.143. The monoisotopic (exact) mass is 512 g/mol.